The van der Waals surface area contributed by atoms with Crippen LogP contribution >= 0.6 is 0 Å². The smallest absolute Gasteiger partial charge is 0.305 e. The maximum absolute atomic E-state index is 11.3. The van der Waals surface area contributed by atoms with Crippen molar-refractivity contribution in [3.8, 4) is 5.75 Å². The second-order valence-corrected chi connectivity index (χ2v) is 23.5. The van der Waals surface area contributed by atoms with E-state index in [4.69, 9.17) is 18.3 Å². The third kappa shape index (κ3) is 10.5. The predicted octanol–water partition coefficient (Wildman–Crippen LogP) is 9.20. The molecule has 0 atom stereocenters. The normalized spacial score (nSPS) is 12.9. The Hall–Kier alpha value is -1.94. The van der Waals surface area contributed by atoms with Gasteiger partial charge in [0.05, 0.1) is 20.3 Å². The Balaban J connectivity index is 2.14. The topological polar surface area (TPSA) is 54.0 Å². The minimum Gasteiger partial charge on any atom is -0.489 e. The van der Waals surface area contributed by atoms with Gasteiger partial charge in [0, 0.05) is 6.42 Å². The quantitative estimate of drug-likeness (QED) is 0.125. The summed E-state index contributed by atoms with van der Waals surface area (Å²) in [4.78, 5) is 11.3. The molecule has 0 fully saturated rings. The first kappa shape index (κ1) is 34.3. The van der Waals surface area contributed by atoms with Crippen LogP contribution in [0.4, 0.5) is 0 Å². The number of benzene rings is 2. The van der Waals surface area contributed by atoms with E-state index < -0.39 is 16.6 Å². The number of rotatable bonds is 14. The van der Waals surface area contributed by atoms with Crippen molar-refractivity contribution in [2.45, 2.75) is 123 Å². The van der Waals surface area contributed by atoms with Gasteiger partial charge >= 0.3 is 5.97 Å². The molecular formula is C33H54O5Si2. The van der Waals surface area contributed by atoms with Crippen LogP contribution in [0, 0.1) is 0 Å². The second-order valence-electron chi connectivity index (χ2n) is 13.9. The first-order valence-corrected chi connectivity index (χ1v) is 20.4. The van der Waals surface area contributed by atoms with Crippen molar-refractivity contribution in [1.82, 2.24) is 0 Å². The van der Waals surface area contributed by atoms with Crippen LogP contribution < -0.4 is 4.74 Å². The van der Waals surface area contributed by atoms with Gasteiger partial charge < -0.3 is 18.3 Å². The van der Waals surface area contributed by atoms with Gasteiger partial charge in [-0.15, -0.1) is 0 Å². The van der Waals surface area contributed by atoms with Crippen molar-refractivity contribution < 1.29 is 23.1 Å². The Kier molecular flexibility index (Phi) is 12.2. The van der Waals surface area contributed by atoms with Crippen molar-refractivity contribution in [1.29, 1.82) is 0 Å². The third-order valence-corrected chi connectivity index (χ3v) is 17.6. The summed E-state index contributed by atoms with van der Waals surface area (Å²) in [7, 11) is -2.35. The lowest BCUT2D eigenvalue weighted by atomic mass is 10.1. The van der Waals surface area contributed by atoms with E-state index in [9.17, 15) is 4.79 Å². The molecule has 0 radical (unpaired) electrons. The molecule has 0 amide bonds. The molecule has 7 heteroatoms. The number of hydrogen-bond acceptors (Lipinski definition) is 5. The van der Waals surface area contributed by atoms with Crippen LogP contribution in [0.1, 0.15) is 83.1 Å². The van der Waals surface area contributed by atoms with E-state index in [1.165, 1.54) is 23.8 Å². The van der Waals surface area contributed by atoms with Gasteiger partial charge in [0.1, 0.15) is 12.4 Å². The van der Waals surface area contributed by atoms with Crippen LogP contribution in [0.15, 0.2) is 42.5 Å². The molecule has 0 heterocycles. The fourth-order valence-electron chi connectivity index (χ4n) is 3.65. The van der Waals surface area contributed by atoms with E-state index in [1.807, 2.05) is 12.1 Å². The Bertz CT molecular complexity index is 1100. The van der Waals surface area contributed by atoms with E-state index in [1.54, 1.807) is 0 Å². The number of hydrogen-bond donors (Lipinski definition) is 0. The van der Waals surface area contributed by atoms with E-state index in [0.29, 0.717) is 26.2 Å². The van der Waals surface area contributed by atoms with E-state index in [-0.39, 0.29) is 16.0 Å². The van der Waals surface area contributed by atoms with Gasteiger partial charge in [0.25, 0.3) is 0 Å². The zero-order chi connectivity index (χ0) is 30.2. The molecule has 0 aliphatic rings. The van der Waals surface area contributed by atoms with Crippen LogP contribution in [0.25, 0.3) is 0 Å². The van der Waals surface area contributed by atoms with Crippen LogP contribution in [0.5, 0.6) is 5.75 Å². The molecule has 0 bridgehead atoms. The first-order chi connectivity index (χ1) is 18.4. The van der Waals surface area contributed by atoms with Gasteiger partial charge in [0.15, 0.2) is 16.6 Å². The Labute approximate surface area is 246 Å². The molecule has 5 nitrogen and oxygen atoms in total. The summed E-state index contributed by atoms with van der Waals surface area (Å²) in [5, 5.41) is 0.310. The number of aryl methyl sites for hydroxylation is 1. The van der Waals surface area contributed by atoms with Crippen LogP contribution in [-0.2, 0) is 44.6 Å². The molecule has 0 saturated heterocycles. The van der Waals surface area contributed by atoms with Gasteiger partial charge in [-0.2, -0.15) is 0 Å². The summed E-state index contributed by atoms with van der Waals surface area (Å²) in [6.07, 6.45) is 3.13. The number of carbonyl (C=O) groups is 1. The zero-order valence-electron chi connectivity index (χ0n) is 27.0. The number of carbonyl (C=O) groups excluding carboxylic acids is 1. The van der Waals surface area contributed by atoms with E-state index >= 15 is 0 Å². The summed E-state index contributed by atoms with van der Waals surface area (Å²) in [5.74, 6) is 0.707. The minimum absolute atomic E-state index is 0.149. The Morgan fingerprint density at radius 1 is 0.725 bits per heavy atom. The van der Waals surface area contributed by atoms with Gasteiger partial charge in [-0.25, -0.2) is 0 Å². The molecule has 0 aliphatic heterocycles. The van der Waals surface area contributed by atoms with Gasteiger partial charge in [-0.3, -0.25) is 4.79 Å². The molecule has 2 aromatic rings. The molecular weight excluding hydrogens is 533 g/mol. The second kappa shape index (κ2) is 14.3. The third-order valence-electron chi connectivity index (χ3n) is 8.69. The molecule has 0 spiro atoms. The van der Waals surface area contributed by atoms with Crippen LogP contribution in [0.3, 0.4) is 0 Å². The van der Waals surface area contributed by atoms with E-state index in [2.05, 4.69) is 98.1 Å². The molecule has 0 saturated carbocycles. The predicted molar refractivity (Wildman–Crippen MR) is 171 cm³/mol. The molecule has 0 aromatic heterocycles. The Morgan fingerprint density at radius 3 is 1.90 bits per heavy atom. The average Bonchev–Trinajstić information content (AvgIpc) is 2.86. The lowest BCUT2D eigenvalue weighted by Gasteiger charge is -2.37. The lowest BCUT2D eigenvalue weighted by molar-refractivity contribution is -0.140. The van der Waals surface area contributed by atoms with Gasteiger partial charge in [0.2, 0.25) is 0 Å². The van der Waals surface area contributed by atoms with E-state index in [0.717, 1.165) is 30.6 Å². The summed E-state index contributed by atoms with van der Waals surface area (Å²) in [6.45, 7) is 24.5. The Morgan fingerprint density at radius 2 is 1.32 bits per heavy atom. The summed E-state index contributed by atoms with van der Waals surface area (Å²) in [6, 6.07) is 14.8. The van der Waals surface area contributed by atoms with Crippen molar-refractivity contribution in [2.24, 2.45) is 0 Å². The maximum Gasteiger partial charge on any atom is 0.305 e. The number of unbranched alkanes of at least 4 members (excludes halogenated alkanes) is 1. The maximum atomic E-state index is 11.3. The highest BCUT2D eigenvalue weighted by atomic mass is 28.4. The van der Waals surface area contributed by atoms with Crippen LogP contribution in [0.2, 0.25) is 36.3 Å². The molecule has 40 heavy (non-hydrogen) atoms. The highest BCUT2D eigenvalue weighted by Gasteiger charge is 2.38. The summed E-state index contributed by atoms with van der Waals surface area (Å²) >= 11 is 0. The fourth-order valence-corrected chi connectivity index (χ4v) is 5.55. The highest BCUT2D eigenvalue weighted by Crippen LogP contribution is 2.39. The van der Waals surface area contributed by atoms with Gasteiger partial charge in [-0.05, 0) is 96.0 Å². The molecule has 2 aromatic carbocycles. The standard InChI is InChI=1S/C33H54O5Si2/c1-32(2,3)39(8,9)37-24-28-20-19-27(21-29(28)25-38-40(10,11)33(4,5)6)23-36-30-17-14-16-26(22-30)15-12-13-18-31(34)35-7/h14,16-17,19-22H,12-13,15,18,23-25H2,1-11H3. The summed E-state index contributed by atoms with van der Waals surface area (Å²) < 4.78 is 24.2. The number of esters is 1. The number of methoxy groups -OCH3 is 1. The number of ether oxygens (including phenoxy) is 2. The SMILES string of the molecule is COC(=O)CCCCc1cccc(OCc2ccc(CO[Si](C)(C)C(C)(C)C)c(CO[Si](C)(C)C(C)(C)C)c2)c1. The van der Waals surface area contributed by atoms with Crippen molar-refractivity contribution in [2.75, 3.05) is 7.11 Å². The van der Waals surface area contributed by atoms with Crippen molar-refractivity contribution in [3.63, 3.8) is 0 Å². The van der Waals surface area contributed by atoms with Crippen molar-refractivity contribution in [3.05, 3.63) is 64.7 Å². The molecule has 0 N–H and O–H groups in total. The summed E-state index contributed by atoms with van der Waals surface area (Å²) in [5.41, 5.74) is 4.71. The van der Waals surface area contributed by atoms with Crippen LogP contribution in [-0.4, -0.2) is 29.7 Å². The highest BCUT2D eigenvalue weighted by molar-refractivity contribution is 6.74. The van der Waals surface area contributed by atoms with Crippen molar-refractivity contribution >= 4 is 22.6 Å². The molecule has 0 unspecified atom stereocenters. The lowest BCUT2D eigenvalue weighted by Crippen LogP contribution is -2.41. The fraction of sp³-hybridized carbons (Fsp3) is 0.606. The largest absolute Gasteiger partial charge is 0.489 e. The molecule has 2 rings (SSSR count). The van der Waals surface area contributed by atoms with Gasteiger partial charge in [-0.1, -0.05) is 65.8 Å². The molecule has 0 aliphatic carbocycles. The monoisotopic (exact) mass is 586 g/mol. The first-order valence-electron chi connectivity index (χ1n) is 14.6. The zero-order valence-corrected chi connectivity index (χ0v) is 29.0. The molecule has 224 valence electrons. The minimum atomic E-state index is -1.91. The average molecular weight is 587 g/mol.